The quantitative estimate of drug-likeness (QED) is 0.710. The van der Waals surface area contributed by atoms with Gasteiger partial charge in [0, 0.05) is 6.42 Å². The standard InChI is InChI=1S/C12H14O3/c13-9-12(15)8-11(14)7-6-10-4-2-1-3-5-10/h1-5,13H,6-9H2. The molecule has 0 unspecified atom stereocenters. The van der Waals surface area contributed by atoms with Gasteiger partial charge in [-0.3, -0.25) is 9.59 Å². The van der Waals surface area contributed by atoms with Crippen LogP contribution in [-0.2, 0) is 16.0 Å². The van der Waals surface area contributed by atoms with Crippen LogP contribution in [0.15, 0.2) is 30.3 Å². The predicted octanol–water partition coefficient (Wildman–Crippen LogP) is 1.14. The minimum atomic E-state index is -0.545. The lowest BCUT2D eigenvalue weighted by Crippen LogP contribution is -2.11. The van der Waals surface area contributed by atoms with E-state index in [1.54, 1.807) is 0 Å². The van der Waals surface area contributed by atoms with Crippen LogP contribution in [0.2, 0.25) is 0 Å². The van der Waals surface area contributed by atoms with Crippen LogP contribution in [0.5, 0.6) is 0 Å². The van der Waals surface area contributed by atoms with E-state index in [1.165, 1.54) is 0 Å². The van der Waals surface area contributed by atoms with Crippen molar-refractivity contribution in [2.45, 2.75) is 19.3 Å². The van der Waals surface area contributed by atoms with Gasteiger partial charge >= 0.3 is 0 Å². The summed E-state index contributed by atoms with van der Waals surface area (Å²) in [5.74, 6) is -0.522. The summed E-state index contributed by atoms with van der Waals surface area (Å²) >= 11 is 0. The van der Waals surface area contributed by atoms with Crippen molar-refractivity contribution in [3.63, 3.8) is 0 Å². The number of hydrogen-bond donors (Lipinski definition) is 1. The van der Waals surface area contributed by atoms with Crippen molar-refractivity contribution < 1.29 is 14.7 Å². The van der Waals surface area contributed by atoms with Gasteiger partial charge in [-0.1, -0.05) is 30.3 Å². The molecule has 1 aromatic carbocycles. The Bertz CT molecular complexity index is 330. The summed E-state index contributed by atoms with van der Waals surface area (Å²) in [7, 11) is 0. The van der Waals surface area contributed by atoms with Gasteiger partial charge in [0.1, 0.15) is 12.4 Å². The van der Waals surface area contributed by atoms with Gasteiger partial charge in [-0.15, -0.1) is 0 Å². The minimum absolute atomic E-state index is 0.113. The maximum absolute atomic E-state index is 11.3. The average Bonchev–Trinajstić information content (AvgIpc) is 2.27. The fourth-order valence-electron chi connectivity index (χ4n) is 1.29. The van der Waals surface area contributed by atoms with E-state index in [0.29, 0.717) is 12.8 Å². The Balaban J connectivity index is 2.32. The molecule has 15 heavy (non-hydrogen) atoms. The summed E-state index contributed by atoms with van der Waals surface area (Å²) in [5.41, 5.74) is 1.09. The summed E-state index contributed by atoms with van der Waals surface area (Å²) in [6.07, 6.45) is 0.859. The molecule has 0 atom stereocenters. The largest absolute Gasteiger partial charge is 0.389 e. The fourth-order valence-corrected chi connectivity index (χ4v) is 1.29. The van der Waals surface area contributed by atoms with Gasteiger partial charge < -0.3 is 5.11 Å². The lowest BCUT2D eigenvalue weighted by Gasteiger charge is -1.99. The highest BCUT2D eigenvalue weighted by molar-refractivity contribution is 5.99. The van der Waals surface area contributed by atoms with E-state index in [0.717, 1.165) is 5.56 Å². The highest BCUT2D eigenvalue weighted by atomic mass is 16.3. The number of hydrogen-bond acceptors (Lipinski definition) is 3. The van der Waals surface area contributed by atoms with Crippen LogP contribution in [0.3, 0.4) is 0 Å². The zero-order valence-corrected chi connectivity index (χ0v) is 8.48. The molecule has 80 valence electrons. The molecule has 0 radical (unpaired) electrons. The topological polar surface area (TPSA) is 54.4 Å². The van der Waals surface area contributed by atoms with Crippen molar-refractivity contribution >= 4 is 11.6 Å². The number of aliphatic hydroxyl groups is 1. The third-order valence-electron chi connectivity index (χ3n) is 2.11. The first kappa shape index (κ1) is 11.6. The SMILES string of the molecule is O=C(CO)CC(=O)CCc1ccccc1. The van der Waals surface area contributed by atoms with Crippen LogP contribution in [0.1, 0.15) is 18.4 Å². The second kappa shape index (κ2) is 6.09. The Kier molecular flexibility index (Phi) is 4.71. The van der Waals surface area contributed by atoms with Crippen LogP contribution in [0, 0.1) is 0 Å². The highest BCUT2D eigenvalue weighted by Crippen LogP contribution is 2.04. The number of Topliss-reactive ketones (excluding diaryl/α,β-unsaturated/α-hetero) is 2. The molecule has 0 aromatic heterocycles. The molecule has 0 aliphatic heterocycles. The van der Waals surface area contributed by atoms with Gasteiger partial charge in [-0.25, -0.2) is 0 Å². The molecule has 0 amide bonds. The third-order valence-corrected chi connectivity index (χ3v) is 2.11. The monoisotopic (exact) mass is 206 g/mol. The number of ketones is 2. The summed E-state index contributed by atoms with van der Waals surface area (Å²) < 4.78 is 0. The van der Waals surface area contributed by atoms with E-state index in [2.05, 4.69) is 0 Å². The molecule has 0 saturated carbocycles. The maximum atomic E-state index is 11.3. The van der Waals surface area contributed by atoms with Gasteiger partial charge in [0.2, 0.25) is 0 Å². The van der Waals surface area contributed by atoms with E-state index in [1.807, 2.05) is 30.3 Å². The van der Waals surface area contributed by atoms with Crippen molar-refractivity contribution in [3.05, 3.63) is 35.9 Å². The van der Waals surface area contributed by atoms with Gasteiger partial charge in [0.05, 0.1) is 6.42 Å². The average molecular weight is 206 g/mol. The van der Waals surface area contributed by atoms with Crippen LogP contribution in [0.25, 0.3) is 0 Å². The molecule has 0 bridgehead atoms. The third kappa shape index (κ3) is 4.51. The molecular formula is C12H14O3. The minimum Gasteiger partial charge on any atom is -0.389 e. The molecule has 3 nitrogen and oxygen atoms in total. The van der Waals surface area contributed by atoms with Crippen LogP contribution >= 0.6 is 0 Å². The summed E-state index contributed by atoms with van der Waals surface area (Å²) in [4.78, 5) is 22.0. The van der Waals surface area contributed by atoms with Crippen molar-refractivity contribution in [1.29, 1.82) is 0 Å². The number of aliphatic hydroxyl groups excluding tert-OH is 1. The number of rotatable bonds is 6. The Hall–Kier alpha value is -1.48. The fraction of sp³-hybridized carbons (Fsp3) is 0.333. The first-order chi connectivity index (χ1) is 7.22. The Morgan fingerprint density at radius 3 is 2.33 bits per heavy atom. The van der Waals surface area contributed by atoms with E-state index in [-0.39, 0.29) is 12.2 Å². The maximum Gasteiger partial charge on any atom is 0.165 e. The van der Waals surface area contributed by atoms with Crippen LogP contribution in [-0.4, -0.2) is 23.3 Å². The second-order valence-electron chi connectivity index (χ2n) is 3.40. The number of benzene rings is 1. The van der Waals surface area contributed by atoms with Crippen molar-refractivity contribution in [3.8, 4) is 0 Å². The smallest absolute Gasteiger partial charge is 0.165 e. The molecule has 0 heterocycles. The van der Waals surface area contributed by atoms with Crippen molar-refractivity contribution in [2.75, 3.05) is 6.61 Å². The molecule has 0 saturated heterocycles. The summed E-state index contributed by atoms with van der Waals surface area (Å²) in [6, 6.07) is 9.64. The van der Waals surface area contributed by atoms with Crippen molar-refractivity contribution in [1.82, 2.24) is 0 Å². The molecule has 1 N–H and O–H groups in total. The van der Waals surface area contributed by atoms with Gasteiger partial charge in [0.15, 0.2) is 5.78 Å². The number of carbonyl (C=O) groups is 2. The Morgan fingerprint density at radius 2 is 1.73 bits per heavy atom. The highest BCUT2D eigenvalue weighted by Gasteiger charge is 2.08. The van der Waals surface area contributed by atoms with E-state index in [9.17, 15) is 9.59 Å². The molecule has 0 spiro atoms. The van der Waals surface area contributed by atoms with Crippen LogP contribution in [0.4, 0.5) is 0 Å². The zero-order valence-electron chi connectivity index (χ0n) is 8.48. The molecule has 0 aliphatic rings. The Morgan fingerprint density at radius 1 is 1.07 bits per heavy atom. The van der Waals surface area contributed by atoms with E-state index < -0.39 is 12.4 Å². The normalized spacial score (nSPS) is 9.93. The molecule has 0 aliphatic carbocycles. The van der Waals surface area contributed by atoms with Gasteiger partial charge in [-0.05, 0) is 12.0 Å². The summed E-state index contributed by atoms with van der Waals surface area (Å²) in [6.45, 7) is -0.545. The first-order valence-electron chi connectivity index (χ1n) is 4.90. The number of carbonyl (C=O) groups excluding carboxylic acids is 2. The van der Waals surface area contributed by atoms with Gasteiger partial charge in [-0.2, -0.15) is 0 Å². The van der Waals surface area contributed by atoms with E-state index >= 15 is 0 Å². The molecule has 0 fully saturated rings. The van der Waals surface area contributed by atoms with Gasteiger partial charge in [0.25, 0.3) is 0 Å². The van der Waals surface area contributed by atoms with E-state index in [4.69, 9.17) is 5.11 Å². The number of aryl methyl sites for hydroxylation is 1. The molecule has 1 aromatic rings. The second-order valence-corrected chi connectivity index (χ2v) is 3.40. The lowest BCUT2D eigenvalue weighted by atomic mass is 10.1. The Labute approximate surface area is 88.7 Å². The molecular weight excluding hydrogens is 192 g/mol. The molecule has 3 heteroatoms. The lowest BCUT2D eigenvalue weighted by molar-refractivity contribution is -0.128. The first-order valence-corrected chi connectivity index (χ1v) is 4.90. The molecule has 1 rings (SSSR count). The predicted molar refractivity (Wildman–Crippen MR) is 56.5 cm³/mol. The zero-order chi connectivity index (χ0) is 11.1. The van der Waals surface area contributed by atoms with Crippen LogP contribution < -0.4 is 0 Å². The van der Waals surface area contributed by atoms with Crippen molar-refractivity contribution in [2.24, 2.45) is 0 Å². The summed E-state index contributed by atoms with van der Waals surface area (Å²) in [5, 5.41) is 8.47.